The zero-order valence-electron chi connectivity index (χ0n) is 15.4. The molecule has 0 aliphatic carbocycles. The van der Waals surface area contributed by atoms with Crippen LogP contribution in [-0.4, -0.2) is 39.9 Å². The summed E-state index contributed by atoms with van der Waals surface area (Å²) in [5.41, 5.74) is 3.16. The fourth-order valence-corrected chi connectivity index (χ4v) is 3.36. The highest BCUT2D eigenvalue weighted by Gasteiger charge is 2.15. The highest BCUT2D eigenvalue weighted by atomic mass is 127. The Hall–Kier alpha value is -2.09. The largest absolute Gasteiger partial charge is 0.343 e. The number of piperidine rings is 1. The van der Waals surface area contributed by atoms with E-state index in [4.69, 9.17) is 4.99 Å². The van der Waals surface area contributed by atoms with Crippen molar-refractivity contribution in [1.29, 1.82) is 0 Å². The van der Waals surface area contributed by atoms with Gasteiger partial charge < -0.3 is 14.6 Å². The maximum absolute atomic E-state index is 4.89. The van der Waals surface area contributed by atoms with E-state index < -0.39 is 0 Å². The van der Waals surface area contributed by atoms with Gasteiger partial charge in [-0.1, -0.05) is 24.3 Å². The van der Waals surface area contributed by atoms with E-state index >= 15 is 0 Å². The zero-order valence-corrected chi connectivity index (χ0v) is 17.8. The molecule has 1 saturated heterocycles. The second-order valence-electron chi connectivity index (χ2n) is 6.69. The highest BCUT2D eigenvalue weighted by molar-refractivity contribution is 14.0. The highest BCUT2D eigenvalue weighted by Crippen LogP contribution is 2.13. The maximum atomic E-state index is 4.89. The third-order valence-electron chi connectivity index (χ3n) is 4.73. The maximum Gasteiger partial charge on any atom is 0.198 e. The molecule has 0 atom stereocenters. The molecule has 27 heavy (non-hydrogen) atoms. The quantitative estimate of drug-likeness (QED) is 0.345. The predicted octanol–water partition coefficient (Wildman–Crippen LogP) is 4.45. The van der Waals surface area contributed by atoms with Crippen LogP contribution in [-0.2, 0) is 6.42 Å². The number of rotatable bonds is 4. The number of nitrogens with zero attached hydrogens (tertiary/aromatic N) is 4. The third kappa shape index (κ3) is 5.22. The SMILES string of the molecule is I.c1ccc(NC(=NCCc2cn3ccccc3n2)N2CCCCC2)cc1. The average Bonchev–Trinajstić information content (AvgIpc) is 3.11. The Kier molecular flexibility index (Phi) is 7.09. The normalized spacial score (nSPS) is 14.8. The number of benzene rings is 1. The molecule has 3 aromatic rings. The van der Waals surface area contributed by atoms with Crippen LogP contribution >= 0.6 is 24.0 Å². The molecule has 0 spiro atoms. The molecule has 1 aliphatic heterocycles. The van der Waals surface area contributed by atoms with Gasteiger partial charge in [0, 0.05) is 44.1 Å². The number of guanidine groups is 1. The molecule has 0 bridgehead atoms. The molecule has 0 unspecified atom stereocenters. The smallest absolute Gasteiger partial charge is 0.198 e. The van der Waals surface area contributed by atoms with E-state index in [1.165, 1.54) is 19.3 Å². The predicted molar refractivity (Wildman–Crippen MR) is 122 cm³/mol. The van der Waals surface area contributed by atoms with Gasteiger partial charge in [0.05, 0.1) is 5.69 Å². The molecule has 0 amide bonds. The van der Waals surface area contributed by atoms with Crippen molar-refractivity contribution in [3.8, 4) is 0 Å². The summed E-state index contributed by atoms with van der Waals surface area (Å²) < 4.78 is 2.06. The van der Waals surface area contributed by atoms with Gasteiger partial charge >= 0.3 is 0 Å². The van der Waals surface area contributed by atoms with E-state index in [1.807, 2.05) is 42.6 Å². The summed E-state index contributed by atoms with van der Waals surface area (Å²) in [6, 6.07) is 16.4. The van der Waals surface area contributed by atoms with Crippen LogP contribution in [0.1, 0.15) is 25.0 Å². The number of nitrogens with one attached hydrogen (secondary N) is 1. The third-order valence-corrected chi connectivity index (χ3v) is 4.73. The Morgan fingerprint density at radius 3 is 2.56 bits per heavy atom. The Morgan fingerprint density at radius 1 is 1.00 bits per heavy atom. The number of para-hydroxylation sites is 1. The number of anilines is 1. The van der Waals surface area contributed by atoms with E-state index in [9.17, 15) is 0 Å². The molecule has 1 fully saturated rings. The van der Waals surface area contributed by atoms with Gasteiger partial charge in [0.1, 0.15) is 5.65 Å². The fourth-order valence-electron chi connectivity index (χ4n) is 3.36. The minimum absolute atomic E-state index is 0. The van der Waals surface area contributed by atoms with Crippen molar-refractivity contribution in [3.63, 3.8) is 0 Å². The summed E-state index contributed by atoms with van der Waals surface area (Å²) in [7, 11) is 0. The summed E-state index contributed by atoms with van der Waals surface area (Å²) >= 11 is 0. The fraction of sp³-hybridized carbons (Fsp3) is 0.333. The lowest BCUT2D eigenvalue weighted by Gasteiger charge is -2.30. The molecule has 5 nitrogen and oxygen atoms in total. The first kappa shape index (κ1) is 19.7. The molecule has 142 valence electrons. The van der Waals surface area contributed by atoms with E-state index in [0.717, 1.165) is 49.0 Å². The lowest BCUT2D eigenvalue weighted by atomic mass is 10.1. The second-order valence-corrected chi connectivity index (χ2v) is 6.69. The minimum Gasteiger partial charge on any atom is -0.343 e. The number of hydrogen-bond donors (Lipinski definition) is 1. The molecule has 6 heteroatoms. The molecule has 1 N–H and O–H groups in total. The van der Waals surface area contributed by atoms with E-state index in [1.54, 1.807) is 0 Å². The Labute approximate surface area is 177 Å². The van der Waals surface area contributed by atoms with Crippen molar-refractivity contribution in [2.24, 2.45) is 4.99 Å². The Bertz CT molecular complexity index is 835. The summed E-state index contributed by atoms with van der Waals surface area (Å²) in [5.74, 6) is 0.986. The first-order chi connectivity index (χ1) is 12.9. The molecule has 4 rings (SSSR count). The Balaban J connectivity index is 0.00000210. The van der Waals surface area contributed by atoms with Crippen molar-refractivity contribution in [3.05, 3.63) is 66.6 Å². The van der Waals surface area contributed by atoms with Crippen LogP contribution in [0.2, 0.25) is 0 Å². The van der Waals surface area contributed by atoms with Crippen molar-refractivity contribution >= 4 is 41.3 Å². The van der Waals surface area contributed by atoms with Gasteiger partial charge in [-0.25, -0.2) is 4.98 Å². The second kappa shape index (κ2) is 9.73. The molecular weight excluding hydrogens is 449 g/mol. The van der Waals surface area contributed by atoms with Gasteiger partial charge in [0.2, 0.25) is 0 Å². The lowest BCUT2D eigenvalue weighted by Crippen LogP contribution is -2.40. The van der Waals surface area contributed by atoms with Crippen molar-refractivity contribution < 1.29 is 0 Å². The van der Waals surface area contributed by atoms with E-state index in [-0.39, 0.29) is 24.0 Å². The molecule has 3 heterocycles. The van der Waals surface area contributed by atoms with Crippen LogP contribution in [0.15, 0.2) is 65.9 Å². The number of pyridine rings is 1. The van der Waals surface area contributed by atoms with Gasteiger partial charge in [-0.2, -0.15) is 0 Å². The van der Waals surface area contributed by atoms with Gasteiger partial charge in [0.25, 0.3) is 0 Å². The first-order valence-corrected chi connectivity index (χ1v) is 9.42. The monoisotopic (exact) mass is 475 g/mol. The van der Waals surface area contributed by atoms with Crippen molar-refractivity contribution in [2.75, 3.05) is 25.0 Å². The van der Waals surface area contributed by atoms with E-state index in [0.29, 0.717) is 0 Å². The minimum atomic E-state index is 0. The van der Waals surface area contributed by atoms with Gasteiger partial charge in [0.15, 0.2) is 5.96 Å². The summed E-state index contributed by atoms with van der Waals surface area (Å²) in [6.07, 6.45) is 8.76. The van der Waals surface area contributed by atoms with Gasteiger partial charge in [-0.3, -0.25) is 4.99 Å². The summed E-state index contributed by atoms with van der Waals surface area (Å²) in [5, 5.41) is 3.51. The first-order valence-electron chi connectivity index (χ1n) is 9.42. The number of hydrogen-bond acceptors (Lipinski definition) is 2. The lowest BCUT2D eigenvalue weighted by molar-refractivity contribution is 0.340. The molecule has 0 saturated carbocycles. The number of halogens is 1. The zero-order chi connectivity index (χ0) is 17.6. The average molecular weight is 475 g/mol. The van der Waals surface area contributed by atoms with Crippen LogP contribution in [0, 0.1) is 0 Å². The molecule has 1 aromatic carbocycles. The molecule has 2 aromatic heterocycles. The standard InChI is InChI=1S/C21H25N5.HI/c1-3-9-18(10-4-1)24-21(25-14-6-2-7-15-25)22-13-12-19-17-26-16-8-5-11-20(26)23-19;/h1,3-5,8-11,16-17H,2,6-7,12-15H2,(H,22,24);1H. The van der Waals surface area contributed by atoms with Crippen LogP contribution < -0.4 is 5.32 Å². The summed E-state index contributed by atoms with van der Waals surface area (Å²) in [6.45, 7) is 2.88. The molecule has 0 radical (unpaired) electrons. The molecule has 1 aliphatic rings. The van der Waals surface area contributed by atoms with Crippen LogP contribution in [0.25, 0.3) is 5.65 Å². The van der Waals surface area contributed by atoms with Crippen molar-refractivity contribution in [2.45, 2.75) is 25.7 Å². The molecular formula is C21H26IN5. The topological polar surface area (TPSA) is 44.9 Å². The van der Waals surface area contributed by atoms with Crippen LogP contribution in [0.5, 0.6) is 0 Å². The number of aromatic nitrogens is 2. The van der Waals surface area contributed by atoms with E-state index in [2.05, 4.69) is 37.9 Å². The number of aliphatic imine (C=N–C) groups is 1. The Morgan fingerprint density at radius 2 is 1.78 bits per heavy atom. The van der Waals surface area contributed by atoms with Crippen LogP contribution in [0.3, 0.4) is 0 Å². The number of imidazole rings is 1. The number of likely N-dealkylation sites (tertiary alicyclic amines) is 1. The van der Waals surface area contributed by atoms with Crippen molar-refractivity contribution in [1.82, 2.24) is 14.3 Å². The van der Waals surface area contributed by atoms with Gasteiger partial charge in [-0.15, -0.1) is 24.0 Å². The summed E-state index contributed by atoms with van der Waals surface area (Å²) in [4.78, 5) is 11.9. The van der Waals surface area contributed by atoms with Gasteiger partial charge in [-0.05, 0) is 43.5 Å². The number of fused-ring (bicyclic) bond motifs is 1. The van der Waals surface area contributed by atoms with Crippen LogP contribution in [0.4, 0.5) is 5.69 Å².